The van der Waals surface area contributed by atoms with Crippen LogP contribution >= 0.6 is 0 Å². The van der Waals surface area contributed by atoms with Gasteiger partial charge in [0.05, 0.1) is 0 Å². The Balaban J connectivity index is 2.30. The van der Waals surface area contributed by atoms with Crippen LogP contribution in [0.1, 0.15) is 65.7 Å². The van der Waals surface area contributed by atoms with Crippen molar-refractivity contribution < 1.29 is 0 Å². The van der Waals surface area contributed by atoms with Crippen LogP contribution < -0.4 is 0 Å². The first kappa shape index (κ1) is 12.5. The molecule has 0 aromatic heterocycles. The summed E-state index contributed by atoms with van der Waals surface area (Å²) >= 11 is 0. The van der Waals surface area contributed by atoms with E-state index in [0.717, 1.165) is 5.92 Å². The number of allylic oxidation sites excluding steroid dienone is 4. The molecule has 0 amide bonds. The lowest BCUT2D eigenvalue weighted by Gasteiger charge is -2.12. The van der Waals surface area contributed by atoms with Crippen LogP contribution in [0.5, 0.6) is 0 Å². The van der Waals surface area contributed by atoms with Gasteiger partial charge in [-0.2, -0.15) is 0 Å². The van der Waals surface area contributed by atoms with Crippen molar-refractivity contribution >= 4 is 0 Å². The molecule has 0 saturated carbocycles. The molecular formula is C15H26. The molecule has 0 fully saturated rings. The van der Waals surface area contributed by atoms with Gasteiger partial charge < -0.3 is 0 Å². The van der Waals surface area contributed by atoms with Gasteiger partial charge in [0.25, 0.3) is 0 Å². The molecule has 0 aliphatic heterocycles. The van der Waals surface area contributed by atoms with Crippen molar-refractivity contribution in [2.75, 3.05) is 0 Å². The second-order valence-corrected chi connectivity index (χ2v) is 5.01. The van der Waals surface area contributed by atoms with E-state index in [4.69, 9.17) is 0 Å². The van der Waals surface area contributed by atoms with Gasteiger partial charge in [-0.3, -0.25) is 0 Å². The van der Waals surface area contributed by atoms with E-state index in [1.807, 2.05) is 0 Å². The average molecular weight is 206 g/mol. The van der Waals surface area contributed by atoms with Crippen molar-refractivity contribution in [3.8, 4) is 0 Å². The van der Waals surface area contributed by atoms with E-state index in [1.54, 1.807) is 11.1 Å². The first-order valence-corrected chi connectivity index (χ1v) is 6.56. The highest BCUT2D eigenvalue weighted by Crippen LogP contribution is 2.26. The summed E-state index contributed by atoms with van der Waals surface area (Å²) in [7, 11) is 0. The van der Waals surface area contributed by atoms with E-state index in [-0.39, 0.29) is 0 Å². The monoisotopic (exact) mass is 206 g/mol. The Bertz CT molecular complexity index is 232. The third kappa shape index (κ3) is 4.68. The largest absolute Gasteiger partial charge is 0.0848 e. The van der Waals surface area contributed by atoms with Crippen LogP contribution in [0.3, 0.4) is 0 Å². The fourth-order valence-electron chi connectivity index (χ4n) is 2.28. The van der Waals surface area contributed by atoms with E-state index in [1.165, 1.54) is 44.9 Å². The van der Waals surface area contributed by atoms with Crippen LogP contribution in [0, 0.1) is 5.92 Å². The minimum absolute atomic E-state index is 0.819. The molecule has 0 radical (unpaired) electrons. The maximum atomic E-state index is 2.45. The van der Waals surface area contributed by atoms with Crippen molar-refractivity contribution in [1.29, 1.82) is 0 Å². The van der Waals surface area contributed by atoms with E-state index < -0.39 is 0 Å². The molecule has 1 aliphatic carbocycles. The summed E-state index contributed by atoms with van der Waals surface area (Å²) in [5.74, 6) is 0.819. The van der Waals surface area contributed by atoms with Crippen LogP contribution in [0.2, 0.25) is 0 Å². The normalized spacial score (nSPS) is 21.9. The third-order valence-corrected chi connectivity index (χ3v) is 3.56. The smallest absolute Gasteiger partial charge is 0.0139 e. The van der Waals surface area contributed by atoms with Gasteiger partial charge in [0, 0.05) is 0 Å². The molecule has 0 bridgehead atoms. The standard InChI is InChI=1S/C15H26/c1-4-5-6-7-10-15-11-8-9-13(2)14(3)12-15/h8,11,15H,4-7,9-10,12H2,1-3H3. The molecule has 1 atom stereocenters. The maximum absolute atomic E-state index is 2.45. The van der Waals surface area contributed by atoms with Gasteiger partial charge in [0.15, 0.2) is 0 Å². The molecule has 0 spiro atoms. The molecule has 1 unspecified atom stereocenters. The highest BCUT2D eigenvalue weighted by atomic mass is 14.2. The summed E-state index contributed by atoms with van der Waals surface area (Å²) in [5.41, 5.74) is 3.21. The summed E-state index contributed by atoms with van der Waals surface area (Å²) in [6.07, 6.45) is 14.3. The lowest BCUT2D eigenvalue weighted by molar-refractivity contribution is 0.527. The van der Waals surface area contributed by atoms with E-state index in [0.29, 0.717) is 0 Å². The van der Waals surface area contributed by atoms with Gasteiger partial charge in [-0.1, -0.05) is 55.9 Å². The topological polar surface area (TPSA) is 0 Å². The Labute approximate surface area is 95.5 Å². The molecule has 1 aliphatic rings. The lowest BCUT2D eigenvalue weighted by Crippen LogP contribution is -1.97. The Kier molecular flexibility index (Phi) is 5.75. The molecular weight excluding hydrogens is 180 g/mol. The van der Waals surface area contributed by atoms with Gasteiger partial charge in [-0.25, -0.2) is 0 Å². The Morgan fingerprint density at radius 3 is 2.67 bits per heavy atom. The minimum Gasteiger partial charge on any atom is -0.0848 e. The zero-order valence-corrected chi connectivity index (χ0v) is 10.7. The van der Waals surface area contributed by atoms with Crippen molar-refractivity contribution in [2.24, 2.45) is 5.92 Å². The van der Waals surface area contributed by atoms with Gasteiger partial charge in [-0.15, -0.1) is 0 Å². The Morgan fingerprint density at radius 2 is 1.93 bits per heavy atom. The first-order chi connectivity index (χ1) is 7.24. The van der Waals surface area contributed by atoms with Crippen molar-refractivity contribution in [3.05, 3.63) is 23.3 Å². The van der Waals surface area contributed by atoms with Gasteiger partial charge in [0.1, 0.15) is 0 Å². The maximum Gasteiger partial charge on any atom is -0.0139 e. The fraction of sp³-hybridized carbons (Fsp3) is 0.733. The average Bonchev–Trinajstić information content (AvgIpc) is 2.37. The molecule has 1 rings (SSSR count). The zero-order chi connectivity index (χ0) is 11.1. The Hall–Kier alpha value is -0.520. The fourth-order valence-corrected chi connectivity index (χ4v) is 2.28. The molecule has 0 saturated heterocycles. The van der Waals surface area contributed by atoms with E-state index >= 15 is 0 Å². The van der Waals surface area contributed by atoms with E-state index in [9.17, 15) is 0 Å². The second-order valence-electron chi connectivity index (χ2n) is 5.01. The van der Waals surface area contributed by atoms with Crippen molar-refractivity contribution in [2.45, 2.75) is 65.7 Å². The van der Waals surface area contributed by atoms with Crippen LogP contribution in [0.15, 0.2) is 23.3 Å². The predicted octanol–water partition coefficient (Wildman–Crippen LogP) is 5.26. The minimum atomic E-state index is 0.819. The zero-order valence-electron chi connectivity index (χ0n) is 10.7. The SMILES string of the molecule is CCCCCCC1C=CCC(C)=C(C)C1. The summed E-state index contributed by atoms with van der Waals surface area (Å²) in [4.78, 5) is 0. The van der Waals surface area contributed by atoms with Gasteiger partial charge >= 0.3 is 0 Å². The highest BCUT2D eigenvalue weighted by Gasteiger charge is 2.09. The first-order valence-electron chi connectivity index (χ1n) is 6.56. The summed E-state index contributed by atoms with van der Waals surface area (Å²) < 4.78 is 0. The van der Waals surface area contributed by atoms with Crippen molar-refractivity contribution in [3.63, 3.8) is 0 Å². The Morgan fingerprint density at radius 1 is 1.13 bits per heavy atom. The number of hydrogen-bond donors (Lipinski definition) is 0. The van der Waals surface area contributed by atoms with Crippen LogP contribution in [0.4, 0.5) is 0 Å². The predicted molar refractivity (Wildman–Crippen MR) is 69.0 cm³/mol. The second kappa shape index (κ2) is 6.87. The molecule has 86 valence electrons. The lowest BCUT2D eigenvalue weighted by atomic mass is 9.94. The molecule has 0 heteroatoms. The summed E-state index contributed by atoms with van der Waals surface area (Å²) in [5, 5.41) is 0. The van der Waals surface area contributed by atoms with E-state index in [2.05, 4.69) is 32.9 Å². The number of hydrogen-bond acceptors (Lipinski definition) is 0. The molecule has 15 heavy (non-hydrogen) atoms. The molecule has 0 aromatic rings. The van der Waals surface area contributed by atoms with Gasteiger partial charge in [-0.05, 0) is 39.0 Å². The van der Waals surface area contributed by atoms with Crippen molar-refractivity contribution in [1.82, 2.24) is 0 Å². The van der Waals surface area contributed by atoms with Crippen LogP contribution in [0.25, 0.3) is 0 Å². The highest BCUT2D eigenvalue weighted by molar-refractivity contribution is 5.18. The summed E-state index contributed by atoms with van der Waals surface area (Å²) in [6.45, 7) is 6.86. The van der Waals surface area contributed by atoms with Crippen LogP contribution in [-0.2, 0) is 0 Å². The molecule has 0 aromatic carbocycles. The number of unbranched alkanes of at least 4 members (excludes halogenated alkanes) is 3. The molecule has 0 N–H and O–H groups in total. The molecule has 0 heterocycles. The number of rotatable bonds is 5. The quantitative estimate of drug-likeness (QED) is 0.425. The van der Waals surface area contributed by atoms with Crippen LogP contribution in [-0.4, -0.2) is 0 Å². The third-order valence-electron chi connectivity index (χ3n) is 3.56. The molecule has 0 nitrogen and oxygen atoms in total. The summed E-state index contributed by atoms with van der Waals surface area (Å²) in [6, 6.07) is 0. The van der Waals surface area contributed by atoms with Gasteiger partial charge in [0.2, 0.25) is 0 Å².